The Bertz CT molecular complexity index is 853. The summed E-state index contributed by atoms with van der Waals surface area (Å²) in [6.07, 6.45) is 2.24. The van der Waals surface area contributed by atoms with E-state index in [1.54, 1.807) is 23.9 Å². The molecule has 1 aliphatic carbocycles. The molecule has 5 nitrogen and oxygen atoms in total. The summed E-state index contributed by atoms with van der Waals surface area (Å²) in [5.41, 5.74) is 1.48. The van der Waals surface area contributed by atoms with Crippen molar-refractivity contribution in [3.8, 4) is 28.6 Å². The molecule has 0 amide bonds. The van der Waals surface area contributed by atoms with E-state index >= 15 is 0 Å². The van der Waals surface area contributed by atoms with Crippen LogP contribution in [0.1, 0.15) is 24.6 Å². The van der Waals surface area contributed by atoms with Crippen LogP contribution >= 0.6 is 0 Å². The number of aromatic hydroxyl groups is 1. The van der Waals surface area contributed by atoms with Crippen LogP contribution in [0.2, 0.25) is 0 Å². The van der Waals surface area contributed by atoms with Crippen molar-refractivity contribution < 1.29 is 9.84 Å². The van der Waals surface area contributed by atoms with Gasteiger partial charge in [0.1, 0.15) is 17.2 Å². The highest BCUT2D eigenvalue weighted by Gasteiger charge is 2.30. The molecule has 1 aliphatic rings. The Morgan fingerprint density at radius 3 is 2.57 bits per heavy atom. The average molecular weight is 307 g/mol. The van der Waals surface area contributed by atoms with E-state index < -0.39 is 0 Å². The minimum atomic E-state index is 0.193. The molecule has 1 heterocycles. The van der Waals surface area contributed by atoms with Gasteiger partial charge in [0.2, 0.25) is 0 Å². The molecule has 2 aromatic carbocycles. The first-order chi connectivity index (χ1) is 11.3. The highest BCUT2D eigenvalue weighted by molar-refractivity contribution is 5.66. The number of rotatable bonds is 4. The summed E-state index contributed by atoms with van der Waals surface area (Å²) in [6, 6.07) is 14.9. The molecule has 0 saturated heterocycles. The van der Waals surface area contributed by atoms with Gasteiger partial charge in [-0.25, -0.2) is 9.67 Å². The Labute approximate surface area is 134 Å². The van der Waals surface area contributed by atoms with E-state index in [2.05, 4.69) is 5.10 Å². The molecule has 1 saturated carbocycles. The first kappa shape index (κ1) is 13.8. The summed E-state index contributed by atoms with van der Waals surface area (Å²) < 4.78 is 7.22. The molecule has 23 heavy (non-hydrogen) atoms. The Morgan fingerprint density at radius 2 is 1.83 bits per heavy atom. The molecular weight excluding hydrogens is 290 g/mol. The summed E-state index contributed by atoms with van der Waals surface area (Å²) in [5, 5.41) is 14.9. The maximum absolute atomic E-state index is 10.2. The average Bonchev–Trinajstić information content (AvgIpc) is 3.35. The molecule has 1 aromatic heterocycles. The van der Waals surface area contributed by atoms with Gasteiger partial charge in [0, 0.05) is 5.92 Å². The number of phenolic OH excluding ortho intramolecular Hbond substituents is 1. The van der Waals surface area contributed by atoms with Crippen LogP contribution < -0.4 is 4.74 Å². The highest BCUT2D eigenvalue weighted by atomic mass is 16.5. The Kier molecular flexibility index (Phi) is 3.26. The second kappa shape index (κ2) is 5.43. The van der Waals surface area contributed by atoms with Crippen molar-refractivity contribution in [1.29, 1.82) is 0 Å². The number of para-hydroxylation sites is 3. The predicted molar refractivity (Wildman–Crippen MR) is 87.0 cm³/mol. The Balaban J connectivity index is 1.93. The third-order valence-electron chi connectivity index (χ3n) is 4.02. The van der Waals surface area contributed by atoms with Gasteiger partial charge in [0.15, 0.2) is 11.6 Å². The molecule has 3 aromatic rings. The minimum Gasteiger partial charge on any atom is -0.507 e. The molecule has 0 aliphatic heterocycles. The van der Waals surface area contributed by atoms with Gasteiger partial charge in [-0.15, -0.1) is 0 Å². The molecule has 0 atom stereocenters. The Morgan fingerprint density at radius 1 is 1.09 bits per heavy atom. The third-order valence-corrected chi connectivity index (χ3v) is 4.02. The van der Waals surface area contributed by atoms with Crippen molar-refractivity contribution in [1.82, 2.24) is 14.8 Å². The van der Waals surface area contributed by atoms with E-state index in [9.17, 15) is 5.11 Å². The normalized spacial score (nSPS) is 14.0. The number of benzene rings is 2. The molecule has 1 fully saturated rings. The van der Waals surface area contributed by atoms with Crippen molar-refractivity contribution >= 4 is 0 Å². The van der Waals surface area contributed by atoms with Crippen LogP contribution in [0, 0.1) is 0 Å². The van der Waals surface area contributed by atoms with Gasteiger partial charge in [0.25, 0.3) is 0 Å². The second-order valence-corrected chi connectivity index (χ2v) is 5.67. The molecule has 0 bridgehead atoms. The number of hydrogen-bond donors (Lipinski definition) is 1. The van der Waals surface area contributed by atoms with E-state index in [1.165, 1.54) is 0 Å². The maximum atomic E-state index is 10.2. The van der Waals surface area contributed by atoms with Crippen LogP contribution in [0.3, 0.4) is 0 Å². The molecule has 5 heteroatoms. The standard InChI is InChI=1S/C18H17N3O2/c1-23-16-9-5-3-7-14(16)21-18(13-6-2-4-8-15(13)22)19-17(20-21)12-10-11-12/h2-9,12,22H,10-11H2,1H3. The van der Waals surface area contributed by atoms with Gasteiger partial charge in [-0.3, -0.25) is 0 Å². The van der Waals surface area contributed by atoms with Crippen molar-refractivity contribution in [2.24, 2.45) is 0 Å². The van der Waals surface area contributed by atoms with Gasteiger partial charge in [-0.05, 0) is 37.1 Å². The molecule has 4 rings (SSSR count). The van der Waals surface area contributed by atoms with Gasteiger partial charge in [-0.2, -0.15) is 5.10 Å². The lowest BCUT2D eigenvalue weighted by molar-refractivity contribution is 0.411. The number of aromatic nitrogens is 3. The summed E-state index contributed by atoms with van der Waals surface area (Å²) in [4.78, 5) is 4.69. The van der Waals surface area contributed by atoms with Crippen molar-refractivity contribution in [3.63, 3.8) is 0 Å². The van der Waals surface area contributed by atoms with E-state index in [-0.39, 0.29) is 5.75 Å². The van der Waals surface area contributed by atoms with Crippen molar-refractivity contribution in [3.05, 3.63) is 54.4 Å². The van der Waals surface area contributed by atoms with Gasteiger partial charge >= 0.3 is 0 Å². The van der Waals surface area contributed by atoms with Crippen LogP contribution in [0.4, 0.5) is 0 Å². The van der Waals surface area contributed by atoms with Crippen LogP contribution in [0.5, 0.6) is 11.5 Å². The number of methoxy groups -OCH3 is 1. The zero-order valence-corrected chi connectivity index (χ0v) is 12.8. The second-order valence-electron chi connectivity index (χ2n) is 5.67. The smallest absolute Gasteiger partial charge is 0.167 e. The van der Waals surface area contributed by atoms with E-state index in [1.807, 2.05) is 36.4 Å². The Hall–Kier alpha value is -2.82. The number of ether oxygens (including phenoxy) is 1. The van der Waals surface area contributed by atoms with E-state index in [0.29, 0.717) is 17.3 Å². The predicted octanol–water partition coefficient (Wildman–Crippen LogP) is 3.53. The van der Waals surface area contributed by atoms with Crippen LogP contribution in [-0.2, 0) is 0 Å². The lowest BCUT2D eigenvalue weighted by Crippen LogP contribution is -2.02. The molecular formula is C18H17N3O2. The quantitative estimate of drug-likeness (QED) is 0.801. The summed E-state index contributed by atoms with van der Waals surface area (Å²) >= 11 is 0. The zero-order valence-electron chi connectivity index (χ0n) is 12.8. The third kappa shape index (κ3) is 2.44. The fraction of sp³-hybridized carbons (Fsp3) is 0.222. The summed E-state index contributed by atoms with van der Waals surface area (Å²) in [6.45, 7) is 0. The lowest BCUT2D eigenvalue weighted by atomic mass is 10.2. The van der Waals surface area contributed by atoms with E-state index in [0.717, 1.165) is 30.1 Å². The van der Waals surface area contributed by atoms with Crippen LogP contribution in [-0.4, -0.2) is 27.0 Å². The molecule has 1 N–H and O–H groups in total. The zero-order chi connectivity index (χ0) is 15.8. The maximum Gasteiger partial charge on any atom is 0.167 e. The minimum absolute atomic E-state index is 0.193. The fourth-order valence-electron chi connectivity index (χ4n) is 2.65. The van der Waals surface area contributed by atoms with Crippen LogP contribution in [0.15, 0.2) is 48.5 Å². The lowest BCUT2D eigenvalue weighted by Gasteiger charge is -2.11. The van der Waals surface area contributed by atoms with E-state index in [4.69, 9.17) is 9.72 Å². The van der Waals surface area contributed by atoms with Crippen molar-refractivity contribution in [2.45, 2.75) is 18.8 Å². The first-order valence-electron chi connectivity index (χ1n) is 7.66. The first-order valence-corrected chi connectivity index (χ1v) is 7.66. The summed E-state index contributed by atoms with van der Waals surface area (Å²) in [7, 11) is 1.64. The highest BCUT2D eigenvalue weighted by Crippen LogP contribution is 2.40. The molecule has 0 spiro atoms. The largest absolute Gasteiger partial charge is 0.507 e. The molecule has 0 radical (unpaired) electrons. The van der Waals surface area contributed by atoms with Gasteiger partial charge in [-0.1, -0.05) is 24.3 Å². The summed E-state index contributed by atoms with van der Waals surface area (Å²) in [5.74, 6) is 2.80. The molecule has 116 valence electrons. The van der Waals surface area contributed by atoms with Crippen molar-refractivity contribution in [2.75, 3.05) is 7.11 Å². The van der Waals surface area contributed by atoms with Gasteiger partial charge < -0.3 is 9.84 Å². The number of phenols is 1. The molecule has 0 unspecified atom stereocenters. The fourth-order valence-corrected chi connectivity index (χ4v) is 2.65. The van der Waals surface area contributed by atoms with Crippen LogP contribution in [0.25, 0.3) is 17.1 Å². The SMILES string of the molecule is COc1ccccc1-n1nc(C2CC2)nc1-c1ccccc1O. The number of hydrogen-bond acceptors (Lipinski definition) is 4. The topological polar surface area (TPSA) is 60.2 Å². The van der Waals surface area contributed by atoms with Gasteiger partial charge in [0.05, 0.1) is 12.7 Å². The monoisotopic (exact) mass is 307 g/mol. The number of nitrogens with zero attached hydrogens (tertiary/aromatic N) is 3.